The van der Waals surface area contributed by atoms with Gasteiger partial charge in [0.1, 0.15) is 35.0 Å². The highest BCUT2D eigenvalue weighted by atomic mass is 32.2. The van der Waals surface area contributed by atoms with Crippen molar-refractivity contribution in [3.05, 3.63) is 17.7 Å². The van der Waals surface area contributed by atoms with Gasteiger partial charge in [-0.15, -0.1) is 0 Å². The van der Waals surface area contributed by atoms with E-state index in [1.165, 1.54) is 0 Å². The van der Waals surface area contributed by atoms with Gasteiger partial charge in [-0.1, -0.05) is 36.8 Å². The van der Waals surface area contributed by atoms with E-state index < -0.39 is 57.6 Å². The number of carbonyl (C=O) groups excluding carboxylic acids is 2. The van der Waals surface area contributed by atoms with Gasteiger partial charge in [0.25, 0.3) is 10.1 Å². The van der Waals surface area contributed by atoms with Gasteiger partial charge in [-0.3, -0.25) is 14.1 Å². The molecule has 1 aromatic carbocycles. The molecule has 0 bridgehead atoms. The van der Waals surface area contributed by atoms with Gasteiger partial charge in [0.2, 0.25) is 0 Å². The van der Waals surface area contributed by atoms with Crippen molar-refractivity contribution in [3.63, 3.8) is 0 Å². The average Bonchev–Trinajstić information content (AvgIpc) is 2.72. The standard InChI is InChI=1S/C19H23B3F6O7S/c20-7-9-5-10(21)6-13(22)14(9)34-15(29)11-3-1-2-4-12(11)16(30)35-17(18(23,24)25,19(26,27)28)8-36(31,32)33/h5-6,11-12H,1-4,7-8,20-22H2,(H,31,32,33). The molecule has 1 aromatic rings. The van der Waals surface area contributed by atoms with Gasteiger partial charge in [0.05, 0.1) is 11.8 Å². The molecule has 2 atom stereocenters. The summed E-state index contributed by atoms with van der Waals surface area (Å²) in [6.07, 6.45) is -12.3. The number of carbonyl (C=O) groups is 2. The first-order valence-corrected chi connectivity index (χ1v) is 12.6. The lowest BCUT2D eigenvalue weighted by atomic mass is 9.78. The van der Waals surface area contributed by atoms with Crippen molar-refractivity contribution in [1.82, 2.24) is 0 Å². The van der Waals surface area contributed by atoms with Crippen LogP contribution < -0.4 is 15.7 Å². The highest BCUT2D eigenvalue weighted by molar-refractivity contribution is 7.85. The Morgan fingerprint density at radius 1 is 0.972 bits per heavy atom. The molecular weight excluding hydrogens is 519 g/mol. The monoisotopic (exact) mass is 542 g/mol. The molecule has 0 saturated heterocycles. The molecule has 2 unspecified atom stereocenters. The lowest BCUT2D eigenvalue weighted by molar-refractivity contribution is -0.362. The molecule has 7 nitrogen and oxygen atoms in total. The predicted molar refractivity (Wildman–Crippen MR) is 123 cm³/mol. The Balaban J connectivity index is 2.42. The molecule has 0 aliphatic heterocycles. The minimum atomic E-state index is -6.45. The van der Waals surface area contributed by atoms with Crippen molar-refractivity contribution in [3.8, 4) is 5.75 Å². The highest BCUT2D eigenvalue weighted by Gasteiger charge is 2.76. The maximum atomic E-state index is 13.6. The van der Waals surface area contributed by atoms with Crippen molar-refractivity contribution in [1.29, 1.82) is 0 Å². The fourth-order valence-electron chi connectivity index (χ4n) is 4.30. The van der Waals surface area contributed by atoms with Gasteiger partial charge in [0, 0.05) is 0 Å². The Labute approximate surface area is 206 Å². The summed E-state index contributed by atoms with van der Waals surface area (Å²) in [5.74, 6) is -9.08. The van der Waals surface area contributed by atoms with E-state index >= 15 is 0 Å². The number of rotatable bonds is 7. The third kappa shape index (κ3) is 6.58. The summed E-state index contributed by atoms with van der Waals surface area (Å²) in [7, 11) is -0.672. The fourth-order valence-corrected chi connectivity index (χ4v) is 5.20. The Morgan fingerprint density at radius 3 is 1.92 bits per heavy atom. The van der Waals surface area contributed by atoms with Gasteiger partial charge >= 0.3 is 29.9 Å². The van der Waals surface area contributed by atoms with Crippen LogP contribution in [0, 0.1) is 11.8 Å². The zero-order valence-corrected chi connectivity index (χ0v) is 20.4. The second-order valence-electron chi connectivity index (χ2n) is 8.81. The summed E-state index contributed by atoms with van der Waals surface area (Å²) < 4.78 is 122. The molecule has 0 amide bonds. The molecular formula is C19H23B3F6O7S. The van der Waals surface area contributed by atoms with Crippen LogP contribution in [0.1, 0.15) is 31.2 Å². The zero-order chi connectivity index (χ0) is 27.7. The Morgan fingerprint density at radius 2 is 1.47 bits per heavy atom. The number of esters is 2. The summed E-state index contributed by atoms with van der Waals surface area (Å²) in [6.45, 7) is 0. The third-order valence-corrected chi connectivity index (χ3v) is 6.80. The molecule has 0 radical (unpaired) electrons. The number of alkyl halides is 6. The van der Waals surface area contributed by atoms with E-state index in [0.717, 1.165) is 5.46 Å². The molecule has 1 aliphatic rings. The summed E-state index contributed by atoms with van der Waals surface area (Å²) >= 11 is 0. The van der Waals surface area contributed by atoms with E-state index in [9.17, 15) is 44.3 Å². The molecule has 1 N–H and O–H groups in total. The average molecular weight is 542 g/mol. The van der Waals surface area contributed by atoms with E-state index in [4.69, 9.17) is 9.29 Å². The van der Waals surface area contributed by atoms with E-state index in [-0.39, 0.29) is 25.0 Å². The van der Waals surface area contributed by atoms with Crippen LogP contribution in [0.15, 0.2) is 12.1 Å². The highest BCUT2D eigenvalue weighted by Crippen LogP contribution is 2.48. The smallest absolute Gasteiger partial charge is 0.438 e. The van der Waals surface area contributed by atoms with Gasteiger partial charge in [-0.25, -0.2) is 0 Å². The van der Waals surface area contributed by atoms with Gasteiger partial charge in [0.15, 0.2) is 0 Å². The van der Waals surface area contributed by atoms with Gasteiger partial charge < -0.3 is 9.47 Å². The summed E-state index contributed by atoms with van der Waals surface area (Å²) in [5, 5.41) is 0. The van der Waals surface area contributed by atoms with Crippen LogP contribution >= 0.6 is 0 Å². The minimum absolute atomic E-state index is 0.0751. The van der Waals surface area contributed by atoms with Crippen LogP contribution in [0.5, 0.6) is 5.75 Å². The zero-order valence-electron chi connectivity index (χ0n) is 19.6. The lowest BCUT2D eigenvalue weighted by Gasteiger charge is -2.37. The topological polar surface area (TPSA) is 107 Å². The Bertz CT molecular complexity index is 1090. The van der Waals surface area contributed by atoms with Crippen LogP contribution in [0.3, 0.4) is 0 Å². The van der Waals surface area contributed by atoms with Crippen molar-refractivity contribution in [2.45, 2.75) is 50.0 Å². The largest absolute Gasteiger partial charge is 0.438 e. The quantitative estimate of drug-likeness (QED) is 0.161. The lowest BCUT2D eigenvalue weighted by Crippen LogP contribution is -2.64. The summed E-state index contributed by atoms with van der Waals surface area (Å²) in [5.41, 5.74) is -3.45. The SMILES string of the molecule is BCc1cc(B)cc(B)c1OC(=O)C1CCCCC1C(=O)OC(CS(=O)(=O)O)(C(F)(F)F)C(F)(F)F. The number of hydrogen-bond donors (Lipinski definition) is 1. The minimum Gasteiger partial charge on any atom is -0.438 e. The van der Waals surface area contributed by atoms with E-state index in [1.807, 2.05) is 7.85 Å². The molecule has 0 spiro atoms. The Kier molecular flexibility index (Phi) is 8.92. The summed E-state index contributed by atoms with van der Waals surface area (Å²) in [4.78, 5) is 25.7. The normalized spacial score (nSPS) is 19.5. The molecule has 0 aromatic heterocycles. The van der Waals surface area contributed by atoms with E-state index in [0.29, 0.717) is 23.8 Å². The number of benzene rings is 1. The second-order valence-corrected chi connectivity index (χ2v) is 10.3. The molecule has 1 aliphatic carbocycles. The fraction of sp³-hybridized carbons (Fsp3) is 0.579. The van der Waals surface area contributed by atoms with Crippen LogP contribution in [-0.2, 0) is 30.8 Å². The van der Waals surface area contributed by atoms with Crippen LogP contribution in [0.4, 0.5) is 26.3 Å². The number of halogens is 6. The van der Waals surface area contributed by atoms with E-state index in [2.05, 4.69) is 4.74 Å². The van der Waals surface area contributed by atoms with E-state index in [1.54, 1.807) is 27.8 Å². The maximum Gasteiger partial charge on any atom is 0.438 e. The van der Waals surface area contributed by atoms with Gasteiger partial charge in [-0.2, -0.15) is 34.8 Å². The second kappa shape index (κ2) is 10.7. The first kappa shape index (κ1) is 30.1. The molecule has 2 rings (SSSR count). The predicted octanol–water partition coefficient (Wildman–Crippen LogP) is -0.657. The van der Waals surface area contributed by atoms with Crippen LogP contribution in [-0.4, -0.2) is 72.2 Å². The van der Waals surface area contributed by atoms with Crippen LogP contribution in [0.25, 0.3) is 0 Å². The van der Waals surface area contributed by atoms with Crippen LogP contribution in [0.2, 0.25) is 0 Å². The maximum absolute atomic E-state index is 13.6. The molecule has 1 saturated carbocycles. The molecule has 36 heavy (non-hydrogen) atoms. The van der Waals surface area contributed by atoms with Crippen molar-refractivity contribution in [2.24, 2.45) is 11.8 Å². The molecule has 1 fully saturated rings. The first-order chi connectivity index (χ1) is 16.3. The molecule has 17 heteroatoms. The molecule has 198 valence electrons. The summed E-state index contributed by atoms with van der Waals surface area (Å²) in [6, 6.07) is 3.46. The first-order valence-electron chi connectivity index (χ1n) is 11.0. The Hall–Kier alpha value is -2.16. The number of hydrogen-bond acceptors (Lipinski definition) is 6. The third-order valence-electron chi connectivity index (χ3n) is 6.03. The van der Waals surface area contributed by atoms with Crippen molar-refractivity contribution >= 4 is 56.5 Å². The van der Waals surface area contributed by atoms with Crippen molar-refractivity contribution in [2.75, 3.05) is 5.75 Å². The molecule has 0 heterocycles. The van der Waals surface area contributed by atoms with Crippen molar-refractivity contribution < 1.29 is 58.4 Å². The number of ether oxygens (including phenoxy) is 2. The van der Waals surface area contributed by atoms with Gasteiger partial charge in [-0.05, 0) is 23.9 Å².